The first-order valence-corrected chi connectivity index (χ1v) is 9.66. The summed E-state index contributed by atoms with van der Waals surface area (Å²) in [6.07, 6.45) is -0.825. The van der Waals surface area contributed by atoms with Crippen molar-refractivity contribution in [2.75, 3.05) is 59.2 Å². The maximum atomic E-state index is 11.7. The normalized spacial score (nSPS) is 15.7. The van der Waals surface area contributed by atoms with E-state index in [4.69, 9.17) is 14.2 Å². The maximum Gasteiger partial charge on any atom is 0.409 e. The number of benzene rings is 1. The number of aliphatic hydroxyl groups is 1. The van der Waals surface area contributed by atoms with Crippen LogP contribution in [0.25, 0.3) is 0 Å². The molecule has 2 rings (SSSR count). The number of aliphatic hydroxyl groups excluding tert-OH is 1. The number of ether oxygens (including phenoxy) is 3. The fourth-order valence-electron chi connectivity index (χ4n) is 2.67. The van der Waals surface area contributed by atoms with Gasteiger partial charge in [0, 0.05) is 32.7 Å². The van der Waals surface area contributed by atoms with Crippen LogP contribution in [-0.4, -0.2) is 86.3 Å². The Morgan fingerprint density at radius 2 is 1.93 bits per heavy atom. The van der Waals surface area contributed by atoms with E-state index in [1.807, 2.05) is 24.3 Å². The van der Waals surface area contributed by atoms with Crippen molar-refractivity contribution >= 4 is 34.4 Å². The molecule has 0 spiro atoms. The lowest BCUT2D eigenvalue weighted by Crippen LogP contribution is -2.51. The monoisotopic (exact) mass is 466 g/mol. The van der Waals surface area contributed by atoms with Crippen LogP contribution >= 0.6 is 28.3 Å². The number of hydrogen-bond acceptors (Lipinski definition) is 6. The summed E-state index contributed by atoms with van der Waals surface area (Å²) in [7, 11) is 0. The number of hydrogen-bond donors (Lipinski definition) is 1. The fourth-order valence-corrected chi connectivity index (χ4v) is 3.07. The largest absolute Gasteiger partial charge is 0.490 e. The van der Waals surface area contributed by atoms with Gasteiger partial charge in [-0.15, -0.1) is 12.4 Å². The standard InChI is InChI=1S/C18H27BrN2O5.ClH/c1-2-25-18(23)21-9-7-20(8-10-21)13-15(22)14-24-11-12-26-17-6-4-3-5-16(17)19;/h3-6,15,22H,2,7-14H2,1H3;1H. The van der Waals surface area contributed by atoms with Gasteiger partial charge in [-0.3, -0.25) is 4.90 Å². The molecule has 0 saturated carbocycles. The Labute approximate surface area is 175 Å². The highest BCUT2D eigenvalue weighted by Crippen LogP contribution is 2.23. The second-order valence-electron chi connectivity index (χ2n) is 5.99. The van der Waals surface area contributed by atoms with Gasteiger partial charge < -0.3 is 24.2 Å². The second kappa shape index (κ2) is 13.2. The minimum Gasteiger partial charge on any atom is -0.490 e. The van der Waals surface area contributed by atoms with Crippen molar-refractivity contribution < 1.29 is 24.1 Å². The van der Waals surface area contributed by atoms with Gasteiger partial charge in [0.15, 0.2) is 0 Å². The lowest BCUT2D eigenvalue weighted by molar-refractivity contribution is -0.000140. The molecule has 1 amide bonds. The predicted octanol–water partition coefficient (Wildman–Crippen LogP) is 2.40. The van der Waals surface area contributed by atoms with Crippen molar-refractivity contribution in [2.45, 2.75) is 13.0 Å². The van der Waals surface area contributed by atoms with E-state index in [2.05, 4.69) is 20.8 Å². The van der Waals surface area contributed by atoms with Crippen LogP contribution in [0.2, 0.25) is 0 Å². The molecule has 1 aromatic carbocycles. The lowest BCUT2D eigenvalue weighted by Gasteiger charge is -2.34. The SMILES string of the molecule is CCOC(=O)N1CCN(CC(O)COCCOc2ccccc2Br)CC1.Cl. The number of β-amino-alcohol motifs (C(OH)–C–C–N with tert-alkyl or cyclic N) is 1. The predicted molar refractivity (Wildman–Crippen MR) is 109 cm³/mol. The Hall–Kier alpha value is -1.06. The van der Waals surface area contributed by atoms with Crippen LogP contribution in [0.5, 0.6) is 5.75 Å². The first-order chi connectivity index (χ1) is 12.6. The molecule has 9 heteroatoms. The Bertz CT molecular complexity index is 558. The number of piperazine rings is 1. The van der Waals surface area contributed by atoms with E-state index in [0.717, 1.165) is 23.3 Å². The molecule has 7 nitrogen and oxygen atoms in total. The molecule has 0 aromatic heterocycles. The quantitative estimate of drug-likeness (QED) is 0.562. The zero-order chi connectivity index (χ0) is 18.8. The fraction of sp³-hybridized carbons (Fsp3) is 0.611. The third-order valence-corrected chi connectivity index (χ3v) is 4.65. The average Bonchev–Trinajstić information content (AvgIpc) is 2.63. The van der Waals surface area contributed by atoms with Gasteiger partial charge >= 0.3 is 6.09 Å². The van der Waals surface area contributed by atoms with Gasteiger partial charge in [0.2, 0.25) is 0 Å². The van der Waals surface area contributed by atoms with E-state index in [1.54, 1.807) is 11.8 Å². The third kappa shape index (κ3) is 8.66. The van der Waals surface area contributed by atoms with Gasteiger partial charge in [0.05, 0.1) is 30.4 Å². The molecule has 1 aromatic rings. The molecule has 1 aliphatic heterocycles. The highest BCUT2D eigenvalue weighted by molar-refractivity contribution is 9.10. The molecule has 1 saturated heterocycles. The molecule has 1 aliphatic rings. The molecule has 0 bridgehead atoms. The third-order valence-electron chi connectivity index (χ3n) is 4.00. The van der Waals surface area contributed by atoms with Crippen molar-refractivity contribution in [1.82, 2.24) is 9.80 Å². The number of nitrogens with zero attached hydrogens (tertiary/aromatic N) is 2. The van der Waals surface area contributed by atoms with Gasteiger partial charge in [-0.25, -0.2) is 4.79 Å². The van der Waals surface area contributed by atoms with Crippen LogP contribution in [0.15, 0.2) is 28.7 Å². The van der Waals surface area contributed by atoms with E-state index >= 15 is 0 Å². The van der Waals surface area contributed by atoms with Gasteiger partial charge in [0.1, 0.15) is 12.4 Å². The molecule has 0 aliphatic carbocycles. The molecule has 1 heterocycles. The topological polar surface area (TPSA) is 71.5 Å². The maximum absolute atomic E-state index is 11.7. The smallest absolute Gasteiger partial charge is 0.409 e. The van der Waals surface area contributed by atoms with Crippen molar-refractivity contribution in [3.8, 4) is 5.75 Å². The molecule has 27 heavy (non-hydrogen) atoms. The number of halogens is 2. The summed E-state index contributed by atoms with van der Waals surface area (Å²) in [5, 5.41) is 10.1. The van der Waals surface area contributed by atoms with Gasteiger partial charge in [-0.05, 0) is 35.0 Å². The van der Waals surface area contributed by atoms with E-state index in [9.17, 15) is 9.90 Å². The number of rotatable bonds is 9. The van der Waals surface area contributed by atoms with Crippen molar-refractivity contribution in [3.05, 3.63) is 28.7 Å². The Morgan fingerprint density at radius 3 is 2.59 bits per heavy atom. The number of carbonyl (C=O) groups excluding carboxylic acids is 1. The molecule has 1 fully saturated rings. The van der Waals surface area contributed by atoms with Crippen molar-refractivity contribution in [1.29, 1.82) is 0 Å². The summed E-state index contributed by atoms with van der Waals surface area (Å²) in [6.45, 7) is 6.50. The molecule has 1 atom stereocenters. The summed E-state index contributed by atoms with van der Waals surface area (Å²) >= 11 is 3.42. The molecular formula is C18H28BrClN2O5. The van der Waals surface area contributed by atoms with Gasteiger partial charge in [-0.1, -0.05) is 12.1 Å². The average molecular weight is 468 g/mol. The Balaban J connectivity index is 0.00000364. The highest BCUT2D eigenvalue weighted by atomic mass is 79.9. The van der Waals surface area contributed by atoms with Crippen LogP contribution in [-0.2, 0) is 9.47 Å². The van der Waals surface area contributed by atoms with Crippen LogP contribution < -0.4 is 4.74 Å². The minimum absolute atomic E-state index is 0. The molecule has 0 radical (unpaired) electrons. The van der Waals surface area contributed by atoms with Crippen LogP contribution in [0.4, 0.5) is 4.79 Å². The van der Waals surface area contributed by atoms with Crippen LogP contribution in [0.1, 0.15) is 6.92 Å². The van der Waals surface area contributed by atoms with Crippen molar-refractivity contribution in [2.24, 2.45) is 0 Å². The summed E-state index contributed by atoms with van der Waals surface area (Å²) in [4.78, 5) is 15.5. The Kier molecular flexibility index (Phi) is 11.7. The molecule has 1 unspecified atom stereocenters. The molecule has 1 N–H and O–H groups in total. The van der Waals surface area contributed by atoms with E-state index in [-0.39, 0.29) is 25.1 Å². The highest BCUT2D eigenvalue weighted by Gasteiger charge is 2.23. The summed E-state index contributed by atoms with van der Waals surface area (Å²) in [5.74, 6) is 0.774. The molecular weight excluding hydrogens is 440 g/mol. The molecule has 154 valence electrons. The van der Waals surface area contributed by atoms with Crippen LogP contribution in [0.3, 0.4) is 0 Å². The number of carbonyl (C=O) groups is 1. The Morgan fingerprint density at radius 1 is 1.22 bits per heavy atom. The van der Waals surface area contributed by atoms with Crippen molar-refractivity contribution in [3.63, 3.8) is 0 Å². The zero-order valence-electron chi connectivity index (χ0n) is 15.5. The summed E-state index contributed by atoms with van der Waals surface area (Å²) in [5.41, 5.74) is 0. The first-order valence-electron chi connectivity index (χ1n) is 8.87. The minimum atomic E-state index is -0.562. The number of para-hydroxylation sites is 1. The zero-order valence-corrected chi connectivity index (χ0v) is 17.9. The van der Waals surface area contributed by atoms with Gasteiger partial charge in [-0.2, -0.15) is 0 Å². The van der Waals surface area contributed by atoms with E-state index in [1.165, 1.54) is 0 Å². The summed E-state index contributed by atoms with van der Waals surface area (Å²) in [6, 6.07) is 7.64. The van der Waals surface area contributed by atoms with E-state index < -0.39 is 6.10 Å². The van der Waals surface area contributed by atoms with Crippen LogP contribution in [0, 0.1) is 0 Å². The summed E-state index contributed by atoms with van der Waals surface area (Å²) < 4.78 is 17.0. The van der Waals surface area contributed by atoms with Gasteiger partial charge in [0.25, 0.3) is 0 Å². The lowest BCUT2D eigenvalue weighted by atomic mass is 10.3. The second-order valence-corrected chi connectivity index (χ2v) is 6.85. The van der Waals surface area contributed by atoms with E-state index in [0.29, 0.717) is 39.5 Å². The number of amides is 1. The first kappa shape index (κ1) is 24.0.